The second kappa shape index (κ2) is 13.0. The van der Waals surface area contributed by atoms with Gasteiger partial charge in [0.1, 0.15) is 11.9 Å². The second-order valence-corrected chi connectivity index (χ2v) is 8.48. The van der Waals surface area contributed by atoms with Crippen LogP contribution in [0, 0.1) is 0 Å². The Morgan fingerprint density at radius 1 is 1.10 bits per heavy atom. The van der Waals surface area contributed by atoms with Crippen molar-refractivity contribution >= 4 is 17.8 Å². The number of amidine groups is 1. The van der Waals surface area contributed by atoms with Gasteiger partial charge in [0.25, 0.3) is 5.91 Å². The van der Waals surface area contributed by atoms with Crippen LogP contribution in [0.3, 0.4) is 0 Å². The molecule has 30 heavy (non-hydrogen) atoms. The molecule has 0 saturated heterocycles. The minimum Gasteiger partial charge on any atom is -0.463 e. The van der Waals surface area contributed by atoms with E-state index in [0.717, 1.165) is 12.8 Å². The molecule has 4 N–H and O–H groups in total. The molecule has 1 rings (SSSR count). The largest absolute Gasteiger partial charge is 0.463 e. The molecular formula is C23H37N3O4. The third-order valence-electron chi connectivity index (χ3n) is 4.61. The zero-order chi connectivity index (χ0) is 22.6. The van der Waals surface area contributed by atoms with Gasteiger partial charge in [0.2, 0.25) is 0 Å². The maximum Gasteiger partial charge on any atom is 0.432 e. The number of carbonyl (C=O) groups is 2. The van der Waals surface area contributed by atoms with E-state index in [0.29, 0.717) is 5.56 Å². The number of nitrogens with two attached hydrogens (primary N) is 1. The van der Waals surface area contributed by atoms with Crippen LogP contribution in [0.15, 0.2) is 29.3 Å². The highest BCUT2D eigenvalue weighted by Gasteiger charge is 2.22. The molecule has 0 fully saturated rings. The Bertz CT molecular complexity index is 693. The van der Waals surface area contributed by atoms with E-state index in [-0.39, 0.29) is 18.3 Å². The Morgan fingerprint density at radius 2 is 1.70 bits per heavy atom. The van der Waals surface area contributed by atoms with Gasteiger partial charge in [0, 0.05) is 5.56 Å². The minimum absolute atomic E-state index is 0.0218. The minimum atomic E-state index is -1.42. The Hall–Kier alpha value is -2.41. The molecule has 1 atom stereocenters. The molecule has 0 spiro atoms. The van der Waals surface area contributed by atoms with E-state index < -0.39 is 17.7 Å². The summed E-state index contributed by atoms with van der Waals surface area (Å²) in [7, 11) is 0. The van der Waals surface area contributed by atoms with Gasteiger partial charge in [-0.05, 0) is 51.3 Å². The average Bonchev–Trinajstić information content (AvgIpc) is 2.66. The molecule has 168 valence electrons. The summed E-state index contributed by atoms with van der Waals surface area (Å²) < 4.78 is 5.66. The Kier molecular flexibility index (Phi) is 11.1. The average molecular weight is 420 g/mol. The first-order valence-electron chi connectivity index (χ1n) is 10.7. The van der Waals surface area contributed by atoms with Crippen LogP contribution in [0.2, 0.25) is 0 Å². The second-order valence-electron chi connectivity index (χ2n) is 8.48. The van der Waals surface area contributed by atoms with Crippen LogP contribution >= 0.6 is 0 Å². The van der Waals surface area contributed by atoms with Crippen molar-refractivity contribution < 1.29 is 19.4 Å². The van der Waals surface area contributed by atoms with Gasteiger partial charge in [0.15, 0.2) is 0 Å². The monoisotopic (exact) mass is 419 g/mol. The SMILES string of the molecule is CCCCCCCCc1ccc(C(=O)NC(COC(C)(C)C)C(N)=NC(=O)O)cc1. The van der Waals surface area contributed by atoms with Gasteiger partial charge in [-0.3, -0.25) is 4.79 Å². The zero-order valence-electron chi connectivity index (χ0n) is 18.7. The highest BCUT2D eigenvalue weighted by atomic mass is 16.5. The molecule has 0 aliphatic heterocycles. The number of nitrogens with zero attached hydrogens (tertiary/aromatic N) is 1. The first kappa shape index (κ1) is 25.6. The van der Waals surface area contributed by atoms with Crippen molar-refractivity contribution in [3.8, 4) is 0 Å². The van der Waals surface area contributed by atoms with E-state index >= 15 is 0 Å². The maximum absolute atomic E-state index is 12.6. The third kappa shape index (κ3) is 11.0. The summed E-state index contributed by atoms with van der Waals surface area (Å²) in [6.45, 7) is 7.82. The number of carboxylic acid groups (broad SMARTS) is 1. The summed E-state index contributed by atoms with van der Waals surface area (Å²) in [6.07, 6.45) is 7.06. The van der Waals surface area contributed by atoms with Crippen molar-refractivity contribution in [2.24, 2.45) is 10.7 Å². The molecule has 0 aliphatic rings. The number of carbonyl (C=O) groups excluding carboxylic acids is 1. The number of nitrogens with one attached hydrogen (secondary N) is 1. The lowest BCUT2D eigenvalue weighted by Crippen LogP contribution is -2.49. The number of unbranched alkanes of at least 4 members (excludes halogenated alkanes) is 5. The normalized spacial score (nSPS) is 13.1. The van der Waals surface area contributed by atoms with Crippen molar-refractivity contribution in [2.75, 3.05) is 6.61 Å². The highest BCUT2D eigenvalue weighted by Crippen LogP contribution is 2.12. The molecule has 0 radical (unpaired) electrons. The smallest absolute Gasteiger partial charge is 0.432 e. The topological polar surface area (TPSA) is 114 Å². The molecule has 1 unspecified atom stereocenters. The van der Waals surface area contributed by atoms with Crippen LogP contribution in [0.5, 0.6) is 0 Å². The summed E-state index contributed by atoms with van der Waals surface area (Å²) in [4.78, 5) is 26.8. The van der Waals surface area contributed by atoms with Crippen LogP contribution < -0.4 is 11.1 Å². The fraction of sp³-hybridized carbons (Fsp3) is 0.609. The van der Waals surface area contributed by atoms with Gasteiger partial charge >= 0.3 is 6.09 Å². The Balaban J connectivity index is 2.66. The predicted octanol–water partition coefficient (Wildman–Crippen LogP) is 4.54. The van der Waals surface area contributed by atoms with Crippen LogP contribution in [0.25, 0.3) is 0 Å². The van der Waals surface area contributed by atoms with E-state index in [1.807, 2.05) is 32.9 Å². The van der Waals surface area contributed by atoms with Gasteiger partial charge in [0.05, 0.1) is 12.2 Å². The molecule has 2 amide bonds. The lowest BCUT2D eigenvalue weighted by atomic mass is 10.0. The van der Waals surface area contributed by atoms with Crippen molar-refractivity contribution in [2.45, 2.75) is 84.3 Å². The van der Waals surface area contributed by atoms with Crippen molar-refractivity contribution in [3.05, 3.63) is 35.4 Å². The van der Waals surface area contributed by atoms with E-state index in [4.69, 9.17) is 15.6 Å². The molecule has 1 aromatic rings. The summed E-state index contributed by atoms with van der Waals surface area (Å²) >= 11 is 0. The van der Waals surface area contributed by atoms with E-state index in [1.54, 1.807) is 12.1 Å². The molecule has 0 heterocycles. The first-order chi connectivity index (χ1) is 14.1. The van der Waals surface area contributed by atoms with Gasteiger partial charge in [-0.15, -0.1) is 0 Å². The molecule has 7 nitrogen and oxygen atoms in total. The number of aryl methyl sites for hydroxylation is 1. The third-order valence-corrected chi connectivity index (χ3v) is 4.61. The van der Waals surface area contributed by atoms with Crippen LogP contribution in [0.4, 0.5) is 4.79 Å². The van der Waals surface area contributed by atoms with Gasteiger partial charge < -0.3 is 20.9 Å². The molecular weight excluding hydrogens is 382 g/mol. The number of hydrogen-bond acceptors (Lipinski definition) is 3. The predicted molar refractivity (Wildman–Crippen MR) is 120 cm³/mol. The van der Waals surface area contributed by atoms with Crippen molar-refractivity contribution in [1.29, 1.82) is 0 Å². The number of benzene rings is 1. The first-order valence-corrected chi connectivity index (χ1v) is 10.7. The highest BCUT2D eigenvalue weighted by molar-refractivity contribution is 6.00. The van der Waals surface area contributed by atoms with Crippen LogP contribution in [-0.4, -0.2) is 41.2 Å². The summed E-state index contributed by atoms with van der Waals surface area (Å²) in [5.74, 6) is -0.563. The zero-order valence-corrected chi connectivity index (χ0v) is 18.7. The fourth-order valence-electron chi connectivity index (χ4n) is 2.90. The molecule has 0 aromatic heterocycles. The lowest BCUT2D eigenvalue weighted by molar-refractivity contribution is -0.00669. The summed E-state index contributed by atoms with van der Waals surface area (Å²) in [5, 5.41) is 11.6. The fourth-order valence-corrected chi connectivity index (χ4v) is 2.90. The van der Waals surface area contributed by atoms with E-state index in [2.05, 4.69) is 17.2 Å². The quantitative estimate of drug-likeness (QED) is 0.261. The lowest BCUT2D eigenvalue weighted by Gasteiger charge is -2.24. The Labute approximate surface area is 180 Å². The summed E-state index contributed by atoms with van der Waals surface area (Å²) in [6, 6.07) is 6.62. The number of hydrogen-bond donors (Lipinski definition) is 3. The molecule has 7 heteroatoms. The van der Waals surface area contributed by atoms with Crippen LogP contribution in [-0.2, 0) is 11.2 Å². The summed E-state index contributed by atoms with van der Waals surface area (Å²) in [5.41, 5.74) is 6.98. The number of aliphatic imine (C=N–C) groups is 1. The standard InChI is InChI=1S/C23H37N3O4/c1-5-6-7-8-9-10-11-17-12-14-18(15-13-17)21(27)25-19(16-30-23(2,3)4)20(24)26-22(28)29/h12-15,19H,5-11,16H2,1-4H3,(H2,24,26)(H,25,27)(H,28,29). The van der Waals surface area contributed by atoms with Gasteiger partial charge in [-0.25, -0.2) is 4.79 Å². The van der Waals surface area contributed by atoms with E-state index in [1.165, 1.54) is 37.7 Å². The van der Waals surface area contributed by atoms with Gasteiger partial charge in [-0.2, -0.15) is 4.99 Å². The maximum atomic E-state index is 12.6. The molecule has 0 aliphatic carbocycles. The van der Waals surface area contributed by atoms with Gasteiger partial charge in [-0.1, -0.05) is 51.2 Å². The van der Waals surface area contributed by atoms with E-state index in [9.17, 15) is 9.59 Å². The van der Waals surface area contributed by atoms with Crippen molar-refractivity contribution in [1.82, 2.24) is 5.32 Å². The molecule has 0 bridgehead atoms. The molecule has 0 saturated carbocycles. The van der Waals surface area contributed by atoms with Crippen LogP contribution in [0.1, 0.15) is 82.1 Å². The Morgan fingerprint density at radius 3 is 2.27 bits per heavy atom. The van der Waals surface area contributed by atoms with Crippen molar-refractivity contribution in [3.63, 3.8) is 0 Å². The number of rotatable bonds is 12. The number of ether oxygens (including phenoxy) is 1. The molecule has 1 aromatic carbocycles. The number of amides is 2.